The summed E-state index contributed by atoms with van der Waals surface area (Å²) in [5, 5.41) is 3.30. The Morgan fingerprint density at radius 2 is 1.59 bits per heavy atom. The average molecular weight is 442 g/mol. The van der Waals surface area contributed by atoms with Crippen LogP contribution in [0.15, 0.2) is 54.6 Å². The zero-order valence-electron chi connectivity index (χ0n) is 21.3. The topological polar surface area (TPSA) is 47.6 Å². The van der Waals surface area contributed by atoms with Gasteiger partial charge in [0.05, 0.1) is 18.2 Å². The maximum Gasteiger partial charge on any atom is 0.183 e. The molecule has 0 fully saturated rings. The van der Waals surface area contributed by atoms with Gasteiger partial charge in [-0.1, -0.05) is 51.1 Å². The highest BCUT2D eigenvalue weighted by molar-refractivity contribution is 6.03. The summed E-state index contributed by atoms with van der Waals surface area (Å²) in [5.74, 6) is 0.864. The van der Waals surface area contributed by atoms with Gasteiger partial charge in [-0.05, 0) is 77.4 Å². The second-order valence-corrected chi connectivity index (χ2v) is 8.73. The molecule has 0 aliphatic carbocycles. The number of ether oxygens (including phenoxy) is 2. The van der Waals surface area contributed by atoms with E-state index in [0.717, 1.165) is 17.7 Å². The monoisotopic (exact) mass is 441 g/mol. The van der Waals surface area contributed by atoms with Crippen molar-refractivity contribution in [2.45, 2.75) is 85.0 Å². The Morgan fingerprint density at radius 1 is 1.00 bits per heavy atom. The first-order chi connectivity index (χ1) is 15.2. The molecule has 0 aliphatic heterocycles. The standard InChI is InChI=1S/C26H37NO3.C2H6/c1-7-26(27-6,19-21-11-9-8-10-12-21)24(28)22-13-15-23(16-14-22)30-25(4,5)17-18-29-20(2)3;1-2/h8-16,20,27H,7,17-19H2,1-6H3;1-2H3. The molecule has 0 bridgehead atoms. The zero-order valence-corrected chi connectivity index (χ0v) is 21.3. The molecule has 0 saturated carbocycles. The number of likely N-dealkylation sites (N-methyl/N-ethyl adjacent to an activating group) is 1. The maximum atomic E-state index is 13.4. The molecule has 0 radical (unpaired) electrons. The van der Waals surface area contributed by atoms with Crippen LogP contribution in [0.4, 0.5) is 0 Å². The quantitative estimate of drug-likeness (QED) is 0.383. The average Bonchev–Trinajstić information content (AvgIpc) is 2.79. The van der Waals surface area contributed by atoms with Crippen molar-refractivity contribution in [3.8, 4) is 5.75 Å². The number of nitrogens with one attached hydrogen (secondary N) is 1. The van der Waals surface area contributed by atoms with Crippen molar-refractivity contribution < 1.29 is 14.3 Å². The summed E-state index contributed by atoms with van der Waals surface area (Å²) in [5.41, 5.74) is 0.867. The third kappa shape index (κ3) is 8.40. The van der Waals surface area contributed by atoms with Crippen LogP contribution in [0.3, 0.4) is 0 Å². The molecule has 2 aromatic carbocycles. The van der Waals surface area contributed by atoms with E-state index in [1.807, 2.05) is 77.2 Å². The highest BCUT2D eigenvalue weighted by atomic mass is 16.5. The van der Waals surface area contributed by atoms with E-state index in [1.165, 1.54) is 0 Å². The first-order valence-electron chi connectivity index (χ1n) is 11.9. The molecule has 0 aliphatic rings. The first-order valence-corrected chi connectivity index (χ1v) is 11.9. The summed E-state index contributed by atoms with van der Waals surface area (Å²) in [6.45, 7) is 14.9. The number of rotatable bonds is 12. The van der Waals surface area contributed by atoms with E-state index in [2.05, 4.69) is 38.2 Å². The van der Waals surface area contributed by atoms with E-state index >= 15 is 0 Å². The van der Waals surface area contributed by atoms with Crippen molar-refractivity contribution >= 4 is 5.78 Å². The van der Waals surface area contributed by atoms with Gasteiger partial charge in [0.1, 0.15) is 11.4 Å². The number of benzene rings is 2. The maximum absolute atomic E-state index is 13.4. The van der Waals surface area contributed by atoms with Gasteiger partial charge in [0, 0.05) is 12.0 Å². The summed E-state index contributed by atoms with van der Waals surface area (Å²) in [6.07, 6.45) is 2.37. The van der Waals surface area contributed by atoms with Gasteiger partial charge in [0.25, 0.3) is 0 Å². The van der Waals surface area contributed by atoms with Crippen LogP contribution < -0.4 is 10.1 Å². The number of Topliss-reactive ketones (excluding diaryl/α,β-unsaturated/α-hetero) is 1. The van der Waals surface area contributed by atoms with Crippen molar-refractivity contribution in [3.63, 3.8) is 0 Å². The highest BCUT2D eigenvalue weighted by Gasteiger charge is 2.35. The van der Waals surface area contributed by atoms with Crippen LogP contribution in [0.5, 0.6) is 5.75 Å². The third-order valence-corrected chi connectivity index (χ3v) is 5.53. The molecule has 0 aromatic heterocycles. The molecule has 1 unspecified atom stereocenters. The molecule has 32 heavy (non-hydrogen) atoms. The molecular weight excluding hydrogens is 398 g/mol. The van der Waals surface area contributed by atoms with Crippen molar-refractivity contribution in [3.05, 3.63) is 65.7 Å². The predicted molar refractivity (Wildman–Crippen MR) is 135 cm³/mol. The van der Waals surface area contributed by atoms with Crippen molar-refractivity contribution in [2.24, 2.45) is 0 Å². The molecule has 0 saturated heterocycles. The van der Waals surface area contributed by atoms with Gasteiger partial charge in [-0.3, -0.25) is 4.79 Å². The fourth-order valence-corrected chi connectivity index (χ4v) is 3.55. The lowest BCUT2D eigenvalue weighted by Crippen LogP contribution is -2.51. The molecule has 1 N–H and O–H groups in total. The minimum absolute atomic E-state index is 0.104. The molecule has 0 heterocycles. The van der Waals surface area contributed by atoms with Crippen molar-refractivity contribution in [1.29, 1.82) is 0 Å². The Morgan fingerprint density at radius 3 is 2.09 bits per heavy atom. The number of carbonyl (C=O) groups excluding carboxylic acids is 1. The van der Waals surface area contributed by atoms with E-state index in [9.17, 15) is 4.79 Å². The van der Waals surface area contributed by atoms with E-state index in [4.69, 9.17) is 9.47 Å². The van der Waals surface area contributed by atoms with Crippen LogP contribution >= 0.6 is 0 Å². The number of ketones is 1. The SMILES string of the molecule is CC.CCC(Cc1ccccc1)(NC)C(=O)c1ccc(OC(C)(C)CCOC(C)C)cc1. The molecule has 1 atom stereocenters. The summed E-state index contributed by atoms with van der Waals surface area (Å²) in [7, 11) is 1.86. The summed E-state index contributed by atoms with van der Waals surface area (Å²) >= 11 is 0. The molecular formula is C28H43NO3. The summed E-state index contributed by atoms with van der Waals surface area (Å²) < 4.78 is 11.8. The van der Waals surface area contributed by atoms with Crippen LogP contribution in [0, 0.1) is 0 Å². The van der Waals surface area contributed by atoms with Crippen LogP contribution in [0.2, 0.25) is 0 Å². The Bertz CT molecular complexity index is 778. The lowest BCUT2D eigenvalue weighted by atomic mass is 9.81. The largest absolute Gasteiger partial charge is 0.488 e. The van der Waals surface area contributed by atoms with Gasteiger partial charge in [0.15, 0.2) is 5.78 Å². The van der Waals surface area contributed by atoms with Crippen molar-refractivity contribution in [1.82, 2.24) is 5.32 Å². The predicted octanol–water partition coefficient (Wildman–Crippen LogP) is 6.48. The molecule has 2 aromatic rings. The summed E-state index contributed by atoms with van der Waals surface area (Å²) in [4.78, 5) is 13.4. The Kier molecular flexibility index (Phi) is 11.7. The lowest BCUT2D eigenvalue weighted by Gasteiger charge is -2.31. The Balaban J connectivity index is 0.00000249. The normalized spacial score (nSPS) is 13.2. The lowest BCUT2D eigenvalue weighted by molar-refractivity contribution is 0.0231. The number of hydrogen-bond donors (Lipinski definition) is 1. The van der Waals surface area contributed by atoms with Gasteiger partial charge in [-0.2, -0.15) is 0 Å². The number of carbonyl (C=O) groups is 1. The molecule has 0 spiro atoms. The first kappa shape index (κ1) is 27.9. The van der Waals surface area contributed by atoms with Gasteiger partial charge in [-0.15, -0.1) is 0 Å². The van der Waals surface area contributed by atoms with Crippen LogP contribution in [0.25, 0.3) is 0 Å². The van der Waals surface area contributed by atoms with E-state index < -0.39 is 5.54 Å². The minimum atomic E-state index is -0.628. The summed E-state index contributed by atoms with van der Waals surface area (Å²) in [6, 6.07) is 17.7. The zero-order chi connectivity index (χ0) is 24.2. The molecule has 178 valence electrons. The molecule has 2 rings (SSSR count). The fourth-order valence-electron chi connectivity index (χ4n) is 3.55. The second-order valence-electron chi connectivity index (χ2n) is 8.73. The van der Waals surface area contributed by atoms with Gasteiger partial charge < -0.3 is 14.8 Å². The van der Waals surface area contributed by atoms with Crippen molar-refractivity contribution in [2.75, 3.05) is 13.7 Å². The highest BCUT2D eigenvalue weighted by Crippen LogP contribution is 2.26. The van der Waals surface area contributed by atoms with E-state index in [1.54, 1.807) is 0 Å². The third-order valence-electron chi connectivity index (χ3n) is 5.53. The van der Waals surface area contributed by atoms with Crippen LogP contribution in [0.1, 0.15) is 77.2 Å². The van der Waals surface area contributed by atoms with E-state index in [-0.39, 0.29) is 17.5 Å². The van der Waals surface area contributed by atoms with Gasteiger partial charge in [0.2, 0.25) is 0 Å². The molecule has 4 heteroatoms. The Labute approximate surface area is 195 Å². The fraction of sp³-hybridized carbons (Fsp3) is 0.536. The number of hydrogen-bond acceptors (Lipinski definition) is 4. The van der Waals surface area contributed by atoms with Crippen LogP contribution in [-0.4, -0.2) is 36.7 Å². The Hall–Kier alpha value is -2.17. The smallest absolute Gasteiger partial charge is 0.183 e. The van der Waals surface area contributed by atoms with E-state index in [0.29, 0.717) is 25.0 Å². The molecule has 4 nitrogen and oxygen atoms in total. The second kappa shape index (κ2) is 13.4. The molecule has 0 amide bonds. The van der Waals surface area contributed by atoms with Gasteiger partial charge >= 0.3 is 0 Å². The minimum Gasteiger partial charge on any atom is -0.488 e. The van der Waals surface area contributed by atoms with Gasteiger partial charge in [-0.25, -0.2) is 0 Å². The van der Waals surface area contributed by atoms with Crippen LogP contribution in [-0.2, 0) is 11.2 Å².